The largest absolute Gasteiger partial charge is 0.484 e. The highest BCUT2D eigenvalue weighted by molar-refractivity contribution is 7.91. The number of rotatable bonds is 4. The zero-order valence-electron chi connectivity index (χ0n) is 12.0. The van der Waals surface area contributed by atoms with Crippen LogP contribution in [0.25, 0.3) is 0 Å². The van der Waals surface area contributed by atoms with Crippen LogP contribution in [0.1, 0.15) is 17.5 Å². The lowest BCUT2D eigenvalue weighted by molar-refractivity contribution is -0.123. The molecule has 1 aromatic carbocycles. The van der Waals surface area contributed by atoms with E-state index in [1.54, 1.807) is 12.1 Å². The smallest absolute Gasteiger partial charge is 0.258 e. The minimum atomic E-state index is -2.99. The zero-order valence-corrected chi connectivity index (χ0v) is 13.6. The Labute approximate surface area is 129 Å². The maximum Gasteiger partial charge on any atom is 0.258 e. The van der Waals surface area contributed by atoms with Crippen molar-refractivity contribution >= 4 is 27.3 Å². The number of sulfone groups is 1. The molecule has 1 atom stereocenters. The van der Waals surface area contributed by atoms with Gasteiger partial charge in [0, 0.05) is 11.1 Å². The van der Waals surface area contributed by atoms with Gasteiger partial charge in [-0.05, 0) is 43.5 Å². The Hall–Kier alpha value is -1.27. The van der Waals surface area contributed by atoms with Crippen molar-refractivity contribution in [3.8, 4) is 5.75 Å². The van der Waals surface area contributed by atoms with Gasteiger partial charge >= 0.3 is 0 Å². The molecule has 1 heterocycles. The second-order valence-electron chi connectivity index (χ2n) is 5.33. The lowest BCUT2D eigenvalue weighted by Crippen LogP contribution is -2.38. The summed E-state index contributed by atoms with van der Waals surface area (Å²) in [5.41, 5.74) is 1.77. The highest BCUT2D eigenvalue weighted by atomic mass is 35.5. The van der Waals surface area contributed by atoms with Crippen LogP contribution < -0.4 is 10.1 Å². The summed E-state index contributed by atoms with van der Waals surface area (Å²) >= 11 is 6.06. The van der Waals surface area contributed by atoms with Crippen molar-refractivity contribution in [1.82, 2.24) is 5.32 Å². The first kappa shape index (κ1) is 16.1. The normalized spacial score (nSPS) is 20.2. The third-order valence-corrected chi connectivity index (χ3v) is 5.74. The van der Waals surface area contributed by atoms with Gasteiger partial charge in [-0.25, -0.2) is 8.42 Å². The summed E-state index contributed by atoms with van der Waals surface area (Å²) in [5.74, 6) is 0.401. The van der Waals surface area contributed by atoms with E-state index in [0.29, 0.717) is 17.2 Å². The van der Waals surface area contributed by atoms with E-state index in [2.05, 4.69) is 5.32 Å². The van der Waals surface area contributed by atoms with Gasteiger partial charge in [0.1, 0.15) is 5.75 Å². The Morgan fingerprint density at radius 2 is 2.00 bits per heavy atom. The second kappa shape index (κ2) is 6.23. The van der Waals surface area contributed by atoms with Crippen LogP contribution in [0, 0.1) is 13.8 Å². The fourth-order valence-corrected chi connectivity index (χ4v) is 4.10. The quantitative estimate of drug-likeness (QED) is 0.910. The first-order valence-corrected chi connectivity index (χ1v) is 8.86. The molecule has 1 aromatic rings. The maximum atomic E-state index is 11.8. The monoisotopic (exact) mass is 331 g/mol. The lowest BCUT2D eigenvalue weighted by Gasteiger charge is -2.13. The first-order chi connectivity index (χ1) is 9.77. The van der Waals surface area contributed by atoms with Crippen molar-refractivity contribution in [2.24, 2.45) is 0 Å². The summed E-state index contributed by atoms with van der Waals surface area (Å²) in [6.07, 6.45) is 0.466. The molecule has 0 unspecified atom stereocenters. The number of benzene rings is 1. The van der Waals surface area contributed by atoms with E-state index in [1.807, 2.05) is 13.8 Å². The van der Waals surface area contributed by atoms with Gasteiger partial charge in [0.15, 0.2) is 16.4 Å². The van der Waals surface area contributed by atoms with E-state index >= 15 is 0 Å². The van der Waals surface area contributed by atoms with Crippen LogP contribution in [0.3, 0.4) is 0 Å². The molecule has 5 nitrogen and oxygen atoms in total. The molecule has 0 bridgehead atoms. The predicted molar refractivity (Wildman–Crippen MR) is 81.6 cm³/mol. The standard InChI is InChI=1S/C14H18ClNO4S/c1-9-5-12(6-10(2)14(9)15)20-7-13(17)16-11-3-4-21(18,19)8-11/h5-6,11H,3-4,7-8H2,1-2H3,(H,16,17)/t11-/m0/s1. The maximum absolute atomic E-state index is 11.8. The van der Waals surface area contributed by atoms with Gasteiger partial charge in [0.25, 0.3) is 5.91 Å². The van der Waals surface area contributed by atoms with Crippen molar-refractivity contribution in [2.75, 3.05) is 18.1 Å². The fourth-order valence-electron chi connectivity index (χ4n) is 2.32. The zero-order chi connectivity index (χ0) is 15.6. The van der Waals surface area contributed by atoms with Crippen LogP contribution in [0.2, 0.25) is 5.02 Å². The summed E-state index contributed by atoms with van der Waals surface area (Å²) in [7, 11) is -2.99. The summed E-state index contributed by atoms with van der Waals surface area (Å²) in [6, 6.07) is 3.23. The minimum Gasteiger partial charge on any atom is -0.484 e. The Morgan fingerprint density at radius 1 is 1.38 bits per heavy atom. The molecule has 7 heteroatoms. The molecule has 0 spiro atoms. The molecule has 1 amide bonds. The van der Waals surface area contributed by atoms with E-state index in [-0.39, 0.29) is 30.1 Å². The summed E-state index contributed by atoms with van der Waals surface area (Å²) in [4.78, 5) is 11.8. The van der Waals surface area contributed by atoms with Crippen LogP contribution >= 0.6 is 11.6 Å². The molecule has 0 radical (unpaired) electrons. The highest BCUT2D eigenvalue weighted by Crippen LogP contribution is 2.25. The Bertz CT molecular complexity index is 634. The average molecular weight is 332 g/mol. The number of halogens is 1. The molecule has 0 aromatic heterocycles. The summed E-state index contributed by atoms with van der Waals surface area (Å²) in [5, 5.41) is 3.36. The SMILES string of the molecule is Cc1cc(OCC(=O)N[C@H]2CCS(=O)(=O)C2)cc(C)c1Cl. The third kappa shape index (κ3) is 4.35. The average Bonchev–Trinajstić information content (AvgIpc) is 2.72. The Morgan fingerprint density at radius 3 is 2.52 bits per heavy atom. The molecule has 0 saturated carbocycles. The Kier molecular flexibility index (Phi) is 4.78. The van der Waals surface area contributed by atoms with Crippen LogP contribution in [0.15, 0.2) is 12.1 Å². The highest BCUT2D eigenvalue weighted by Gasteiger charge is 2.28. The van der Waals surface area contributed by atoms with Gasteiger partial charge in [0.05, 0.1) is 11.5 Å². The van der Waals surface area contributed by atoms with Gasteiger partial charge in [-0.3, -0.25) is 4.79 Å². The van der Waals surface area contributed by atoms with Crippen LogP contribution in [-0.2, 0) is 14.6 Å². The van der Waals surface area contributed by atoms with Gasteiger partial charge in [-0.15, -0.1) is 0 Å². The molecule has 2 rings (SSSR count). The number of carbonyl (C=O) groups is 1. The number of hydrogen-bond donors (Lipinski definition) is 1. The molecule has 1 saturated heterocycles. The van der Waals surface area contributed by atoms with Crippen LogP contribution in [0.5, 0.6) is 5.75 Å². The predicted octanol–water partition coefficient (Wildman–Crippen LogP) is 1.64. The number of amides is 1. The molecule has 1 fully saturated rings. The van der Waals surface area contributed by atoms with E-state index < -0.39 is 9.84 Å². The molecule has 116 valence electrons. The molecule has 21 heavy (non-hydrogen) atoms. The van der Waals surface area contributed by atoms with Crippen molar-refractivity contribution in [3.63, 3.8) is 0 Å². The summed E-state index contributed by atoms with van der Waals surface area (Å²) < 4.78 is 28.1. The van der Waals surface area contributed by atoms with Gasteiger partial charge in [-0.2, -0.15) is 0 Å². The van der Waals surface area contributed by atoms with Crippen molar-refractivity contribution in [2.45, 2.75) is 26.3 Å². The van der Waals surface area contributed by atoms with E-state index in [4.69, 9.17) is 16.3 Å². The number of hydrogen-bond acceptors (Lipinski definition) is 4. The molecule has 1 aliphatic heterocycles. The number of aryl methyl sites for hydroxylation is 2. The van der Waals surface area contributed by atoms with Crippen LogP contribution in [0.4, 0.5) is 0 Å². The minimum absolute atomic E-state index is 0.0118. The number of ether oxygens (including phenoxy) is 1. The molecular formula is C14H18ClNO4S. The summed E-state index contributed by atoms with van der Waals surface area (Å²) in [6.45, 7) is 3.59. The number of nitrogens with one attached hydrogen (secondary N) is 1. The van der Waals surface area contributed by atoms with Crippen LogP contribution in [-0.4, -0.2) is 38.5 Å². The topological polar surface area (TPSA) is 72.5 Å². The van der Waals surface area contributed by atoms with Gasteiger partial charge < -0.3 is 10.1 Å². The molecule has 1 aliphatic rings. The van der Waals surface area contributed by atoms with Crippen molar-refractivity contribution in [1.29, 1.82) is 0 Å². The Balaban J connectivity index is 1.87. The van der Waals surface area contributed by atoms with E-state index in [0.717, 1.165) is 11.1 Å². The van der Waals surface area contributed by atoms with Gasteiger partial charge in [-0.1, -0.05) is 11.6 Å². The fraction of sp³-hybridized carbons (Fsp3) is 0.500. The number of carbonyl (C=O) groups excluding carboxylic acids is 1. The van der Waals surface area contributed by atoms with Crippen molar-refractivity contribution < 1.29 is 17.9 Å². The van der Waals surface area contributed by atoms with Gasteiger partial charge in [0.2, 0.25) is 0 Å². The van der Waals surface area contributed by atoms with Crippen molar-refractivity contribution in [3.05, 3.63) is 28.3 Å². The molecular weight excluding hydrogens is 314 g/mol. The van der Waals surface area contributed by atoms with E-state index in [9.17, 15) is 13.2 Å². The molecule has 1 N–H and O–H groups in total. The lowest BCUT2D eigenvalue weighted by atomic mass is 10.1. The van der Waals surface area contributed by atoms with E-state index in [1.165, 1.54) is 0 Å². The second-order valence-corrected chi connectivity index (χ2v) is 7.93. The third-order valence-electron chi connectivity index (χ3n) is 3.38. The molecule has 0 aliphatic carbocycles. The first-order valence-electron chi connectivity index (χ1n) is 6.66.